The lowest BCUT2D eigenvalue weighted by Gasteiger charge is -2.33. The van der Waals surface area contributed by atoms with Gasteiger partial charge in [0.25, 0.3) is 0 Å². The van der Waals surface area contributed by atoms with Crippen LogP contribution in [0, 0.1) is 17.6 Å². The van der Waals surface area contributed by atoms with E-state index in [0.717, 1.165) is 24.6 Å². The third-order valence-electron chi connectivity index (χ3n) is 3.84. The van der Waals surface area contributed by atoms with Crippen molar-refractivity contribution in [1.29, 1.82) is 0 Å². The van der Waals surface area contributed by atoms with Crippen molar-refractivity contribution in [1.82, 2.24) is 4.90 Å². The fourth-order valence-electron chi connectivity index (χ4n) is 2.73. The molecule has 0 aromatic heterocycles. The van der Waals surface area contributed by atoms with Gasteiger partial charge in [0.1, 0.15) is 17.9 Å². The number of aliphatic hydroxyl groups excluding tert-OH is 3. The lowest BCUT2D eigenvalue weighted by Crippen LogP contribution is -2.43. The van der Waals surface area contributed by atoms with E-state index >= 15 is 0 Å². The standard InChI is InChI=1S/C14H19F2NO3/c15-10-3-4-12(16)11(6-10)13-2-1-5-17(13)14(20)9(7-18)8-19/h3-4,6,9,13-14,18-20H,1-2,5,7-8H2/t13-,14?/m1/s1. The Hall–Kier alpha value is -1.08. The summed E-state index contributed by atoms with van der Waals surface area (Å²) in [6.07, 6.45) is 0.252. The van der Waals surface area contributed by atoms with Crippen LogP contribution in [-0.4, -0.2) is 46.2 Å². The lowest BCUT2D eigenvalue weighted by molar-refractivity contribution is -0.0777. The van der Waals surface area contributed by atoms with Crippen molar-refractivity contribution in [3.05, 3.63) is 35.4 Å². The predicted octanol–water partition coefficient (Wildman–Crippen LogP) is 1.02. The molecule has 1 unspecified atom stereocenters. The topological polar surface area (TPSA) is 63.9 Å². The Morgan fingerprint density at radius 3 is 2.60 bits per heavy atom. The zero-order valence-corrected chi connectivity index (χ0v) is 11.0. The van der Waals surface area contributed by atoms with Gasteiger partial charge < -0.3 is 15.3 Å². The maximum atomic E-state index is 13.8. The number of hydrogen-bond acceptors (Lipinski definition) is 4. The van der Waals surface area contributed by atoms with E-state index in [9.17, 15) is 13.9 Å². The van der Waals surface area contributed by atoms with Gasteiger partial charge in [0.15, 0.2) is 0 Å². The van der Waals surface area contributed by atoms with Crippen LogP contribution in [-0.2, 0) is 0 Å². The minimum absolute atomic E-state index is 0.205. The van der Waals surface area contributed by atoms with Crippen molar-refractivity contribution >= 4 is 0 Å². The van der Waals surface area contributed by atoms with Crippen LogP contribution >= 0.6 is 0 Å². The van der Waals surface area contributed by atoms with Crippen molar-refractivity contribution < 1.29 is 24.1 Å². The first-order valence-corrected chi connectivity index (χ1v) is 6.69. The quantitative estimate of drug-likeness (QED) is 0.756. The molecule has 2 rings (SSSR count). The van der Waals surface area contributed by atoms with Crippen molar-refractivity contribution in [2.75, 3.05) is 19.8 Å². The summed E-state index contributed by atoms with van der Waals surface area (Å²) in [5.74, 6) is -1.75. The Balaban J connectivity index is 2.24. The first kappa shape index (κ1) is 15.3. The summed E-state index contributed by atoms with van der Waals surface area (Å²) in [6, 6.07) is 2.82. The molecule has 1 heterocycles. The summed E-state index contributed by atoms with van der Waals surface area (Å²) in [5, 5.41) is 28.5. The van der Waals surface area contributed by atoms with Crippen LogP contribution in [0.15, 0.2) is 18.2 Å². The number of nitrogens with zero attached hydrogens (tertiary/aromatic N) is 1. The van der Waals surface area contributed by atoms with Gasteiger partial charge in [0.05, 0.1) is 13.2 Å². The molecule has 0 radical (unpaired) electrons. The van der Waals surface area contributed by atoms with Gasteiger partial charge in [0, 0.05) is 24.1 Å². The Labute approximate surface area is 116 Å². The first-order chi connectivity index (χ1) is 9.58. The van der Waals surface area contributed by atoms with E-state index < -0.39 is 29.8 Å². The summed E-state index contributed by atoms with van der Waals surface area (Å²) < 4.78 is 27.1. The van der Waals surface area contributed by atoms with E-state index in [0.29, 0.717) is 13.0 Å². The molecule has 3 N–H and O–H groups in total. The molecule has 0 saturated carbocycles. The Kier molecular flexibility index (Phi) is 5.04. The molecule has 2 atom stereocenters. The molecule has 0 aliphatic carbocycles. The number of halogens is 2. The smallest absolute Gasteiger partial charge is 0.128 e. The number of hydrogen-bond donors (Lipinski definition) is 3. The van der Waals surface area contributed by atoms with Crippen molar-refractivity contribution in [2.24, 2.45) is 5.92 Å². The predicted molar refractivity (Wildman–Crippen MR) is 68.7 cm³/mol. The van der Waals surface area contributed by atoms with Gasteiger partial charge in [-0.15, -0.1) is 0 Å². The van der Waals surface area contributed by atoms with Gasteiger partial charge in [-0.1, -0.05) is 0 Å². The molecule has 1 aromatic carbocycles. The van der Waals surface area contributed by atoms with E-state index in [1.807, 2.05) is 0 Å². The lowest BCUT2D eigenvalue weighted by atomic mass is 10.0. The minimum Gasteiger partial charge on any atom is -0.396 e. The van der Waals surface area contributed by atoms with Gasteiger partial charge in [0.2, 0.25) is 0 Å². The largest absolute Gasteiger partial charge is 0.396 e. The molecule has 1 fully saturated rings. The van der Waals surface area contributed by atoms with Crippen LogP contribution in [0.4, 0.5) is 8.78 Å². The van der Waals surface area contributed by atoms with Crippen molar-refractivity contribution in [2.45, 2.75) is 25.1 Å². The Morgan fingerprint density at radius 1 is 1.25 bits per heavy atom. The van der Waals surface area contributed by atoms with Gasteiger partial charge in [-0.25, -0.2) is 8.78 Å². The maximum absolute atomic E-state index is 13.8. The average Bonchev–Trinajstić information content (AvgIpc) is 2.91. The van der Waals surface area contributed by atoms with E-state index in [1.165, 1.54) is 0 Å². The highest BCUT2D eigenvalue weighted by Gasteiger charge is 2.35. The molecule has 112 valence electrons. The molecule has 1 aromatic rings. The molecule has 1 aliphatic rings. The van der Waals surface area contributed by atoms with Crippen LogP contribution < -0.4 is 0 Å². The summed E-state index contributed by atoms with van der Waals surface area (Å²) in [7, 11) is 0. The number of rotatable bonds is 5. The summed E-state index contributed by atoms with van der Waals surface area (Å²) in [4.78, 5) is 1.61. The number of likely N-dealkylation sites (tertiary alicyclic amines) is 1. The molecule has 0 amide bonds. The molecule has 1 aliphatic heterocycles. The van der Waals surface area contributed by atoms with Gasteiger partial charge in [-0.05, 0) is 31.0 Å². The van der Waals surface area contributed by atoms with Gasteiger partial charge in [-0.3, -0.25) is 4.90 Å². The monoisotopic (exact) mass is 287 g/mol. The van der Waals surface area contributed by atoms with E-state index in [1.54, 1.807) is 4.90 Å². The third kappa shape index (κ3) is 2.98. The molecule has 20 heavy (non-hydrogen) atoms. The van der Waals surface area contributed by atoms with E-state index in [2.05, 4.69) is 0 Å². The summed E-state index contributed by atoms with van der Waals surface area (Å²) in [5.41, 5.74) is 0.205. The zero-order valence-electron chi connectivity index (χ0n) is 11.0. The average molecular weight is 287 g/mol. The molecular weight excluding hydrogens is 268 g/mol. The van der Waals surface area contributed by atoms with Gasteiger partial charge >= 0.3 is 0 Å². The maximum Gasteiger partial charge on any atom is 0.128 e. The van der Waals surface area contributed by atoms with Crippen molar-refractivity contribution in [3.63, 3.8) is 0 Å². The molecule has 4 nitrogen and oxygen atoms in total. The molecule has 0 bridgehead atoms. The summed E-state index contributed by atoms with van der Waals surface area (Å²) >= 11 is 0. The third-order valence-corrected chi connectivity index (χ3v) is 3.84. The molecular formula is C14H19F2NO3. The van der Waals surface area contributed by atoms with E-state index in [4.69, 9.17) is 10.2 Å². The minimum atomic E-state index is -1.08. The zero-order chi connectivity index (χ0) is 14.7. The van der Waals surface area contributed by atoms with Crippen LogP contribution in [0.25, 0.3) is 0 Å². The fraction of sp³-hybridized carbons (Fsp3) is 0.571. The Morgan fingerprint density at radius 2 is 1.95 bits per heavy atom. The molecule has 6 heteroatoms. The highest BCUT2D eigenvalue weighted by atomic mass is 19.1. The number of aliphatic hydroxyl groups is 3. The van der Waals surface area contributed by atoms with E-state index in [-0.39, 0.29) is 18.8 Å². The summed E-state index contributed by atoms with van der Waals surface area (Å²) in [6.45, 7) is -0.225. The molecule has 0 spiro atoms. The van der Waals surface area contributed by atoms with Crippen LogP contribution in [0.3, 0.4) is 0 Å². The normalized spacial score (nSPS) is 21.6. The second-order valence-electron chi connectivity index (χ2n) is 5.10. The van der Waals surface area contributed by atoms with Crippen LogP contribution in [0.2, 0.25) is 0 Å². The van der Waals surface area contributed by atoms with Crippen molar-refractivity contribution in [3.8, 4) is 0 Å². The molecule has 1 saturated heterocycles. The highest BCUT2D eigenvalue weighted by molar-refractivity contribution is 5.23. The van der Waals surface area contributed by atoms with Crippen LogP contribution in [0.5, 0.6) is 0 Å². The first-order valence-electron chi connectivity index (χ1n) is 6.69. The van der Waals surface area contributed by atoms with Crippen LogP contribution in [0.1, 0.15) is 24.4 Å². The number of benzene rings is 1. The second-order valence-corrected chi connectivity index (χ2v) is 5.10. The fourth-order valence-corrected chi connectivity index (χ4v) is 2.73. The Bertz CT molecular complexity index is 454. The highest BCUT2D eigenvalue weighted by Crippen LogP contribution is 2.36. The van der Waals surface area contributed by atoms with Gasteiger partial charge in [-0.2, -0.15) is 0 Å². The SMILES string of the molecule is OCC(CO)C(O)N1CCC[C@@H]1c1cc(F)ccc1F. The second kappa shape index (κ2) is 6.58.